The summed E-state index contributed by atoms with van der Waals surface area (Å²) in [4.78, 5) is 8.05. The number of nitrogens with zero attached hydrogens (tertiary/aromatic N) is 2. The summed E-state index contributed by atoms with van der Waals surface area (Å²) in [6, 6.07) is 8.37. The Kier molecular flexibility index (Phi) is 5.16. The van der Waals surface area contributed by atoms with Gasteiger partial charge in [-0.05, 0) is 46.5 Å². The molecule has 1 N–H and O–H groups in total. The fraction of sp³-hybridized carbons (Fsp3) is 0.286. The Labute approximate surface area is 126 Å². The summed E-state index contributed by atoms with van der Waals surface area (Å²) in [5.74, 6) is 0.668. The predicted molar refractivity (Wildman–Crippen MR) is 83.1 cm³/mol. The van der Waals surface area contributed by atoms with Crippen molar-refractivity contribution in [2.75, 3.05) is 5.32 Å². The topological polar surface area (TPSA) is 37.8 Å². The number of nitrogens with one attached hydrogen (secondary N) is 1. The number of benzene rings is 1. The summed E-state index contributed by atoms with van der Waals surface area (Å²) in [6.07, 6.45) is 5.00. The molecule has 0 bridgehead atoms. The van der Waals surface area contributed by atoms with Crippen LogP contribution in [-0.4, -0.2) is 9.97 Å². The average Bonchev–Trinajstić information content (AvgIpc) is 2.43. The molecular weight excluding hydrogens is 326 g/mol. The van der Waals surface area contributed by atoms with Crippen molar-refractivity contribution in [3.8, 4) is 0 Å². The molecule has 2 rings (SSSR count). The SMILES string of the molecule is CCCCc1ccc(Nc2ncnc(Cl)c2Br)cc1. The van der Waals surface area contributed by atoms with Gasteiger partial charge in [-0.2, -0.15) is 0 Å². The van der Waals surface area contributed by atoms with Crippen LogP contribution in [0.25, 0.3) is 0 Å². The molecule has 0 radical (unpaired) electrons. The van der Waals surface area contributed by atoms with E-state index in [1.807, 2.05) is 12.1 Å². The van der Waals surface area contributed by atoms with Crippen LogP contribution in [0, 0.1) is 0 Å². The fourth-order valence-electron chi connectivity index (χ4n) is 1.71. The molecule has 0 spiro atoms. The molecule has 0 unspecified atom stereocenters. The lowest BCUT2D eigenvalue weighted by molar-refractivity contribution is 0.795. The maximum absolute atomic E-state index is 5.92. The highest BCUT2D eigenvalue weighted by atomic mass is 79.9. The second kappa shape index (κ2) is 6.87. The lowest BCUT2D eigenvalue weighted by Gasteiger charge is -2.08. The molecule has 0 aliphatic carbocycles. The second-order valence-electron chi connectivity index (χ2n) is 4.25. The highest BCUT2D eigenvalue weighted by molar-refractivity contribution is 9.10. The largest absolute Gasteiger partial charge is 0.339 e. The van der Waals surface area contributed by atoms with Gasteiger partial charge in [0.05, 0.1) is 4.47 Å². The normalized spacial score (nSPS) is 10.5. The van der Waals surface area contributed by atoms with Crippen molar-refractivity contribution in [1.29, 1.82) is 0 Å². The lowest BCUT2D eigenvalue weighted by Crippen LogP contribution is -1.96. The first-order chi connectivity index (χ1) is 9.20. The Hall–Kier alpha value is -1.13. The molecule has 1 heterocycles. The van der Waals surface area contributed by atoms with Gasteiger partial charge in [-0.15, -0.1) is 0 Å². The summed E-state index contributed by atoms with van der Waals surface area (Å²) >= 11 is 9.29. The van der Waals surface area contributed by atoms with Crippen LogP contribution in [0.1, 0.15) is 25.3 Å². The van der Waals surface area contributed by atoms with Gasteiger partial charge in [0, 0.05) is 5.69 Å². The van der Waals surface area contributed by atoms with E-state index in [4.69, 9.17) is 11.6 Å². The summed E-state index contributed by atoms with van der Waals surface area (Å²) in [5.41, 5.74) is 2.34. The predicted octanol–water partition coefficient (Wildman–Crippen LogP) is 4.98. The molecule has 100 valence electrons. The standard InChI is InChI=1S/C14H15BrClN3/c1-2-3-4-10-5-7-11(8-6-10)19-14-12(15)13(16)17-9-18-14/h5-9H,2-4H2,1H3,(H,17,18,19). The van der Waals surface area contributed by atoms with Crippen LogP contribution < -0.4 is 5.32 Å². The highest BCUT2D eigenvalue weighted by Gasteiger charge is 2.06. The van der Waals surface area contributed by atoms with E-state index in [2.05, 4.69) is 50.3 Å². The molecule has 0 saturated heterocycles. The molecule has 5 heteroatoms. The Morgan fingerprint density at radius 3 is 2.63 bits per heavy atom. The zero-order valence-corrected chi connectivity index (χ0v) is 13.0. The minimum Gasteiger partial charge on any atom is -0.339 e. The van der Waals surface area contributed by atoms with Gasteiger partial charge in [-0.25, -0.2) is 9.97 Å². The Morgan fingerprint density at radius 2 is 1.95 bits per heavy atom. The number of hydrogen-bond acceptors (Lipinski definition) is 3. The van der Waals surface area contributed by atoms with Crippen molar-refractivity contribution in [2.24, 2.45) is 0 Å². The van der Waals surface area contributed by atoms with Gasteiger partial charge in [0.25, 0.3) is 0 Å². The summed E-state index contributed by atoms with van der Waals surface area (Å²) < 4.78 is 0.673. The molecule has 0 fully saturated rings. The van der Waals surface area contributed by atoms with Crippen molar-refractivity contribution in [3.63, 3.8) is 0 Å². The number of aromatic nitrogens is 2. The first-order valence-corrected chi connectivity index (χ1v) is 7.39. The van der Waals surface area contributed by atoms with E-state index < -0.39 is 0 Å². The summed E-state index contributed by atoms with van der Waals surface area (Å²) in [7, 11) is 0. The Morgan fingerprint density at radius 1 is 1.21 bits per heavy atom. The molecule has 0 saturated carbocycles. The molecule has 2 aromatic rings. The van der Waals surface area contributed by atoms with Crippen molar-refractivity contribution in [1.82, 2.24) is 9.97 Å². The zero-order chi connectivity index (χ0) is 13.7. The van der Waals surface area contributed by atoms with E-state index in [-0.39, 0.29) is 0 Å². The van der Waals surface area contributed by atoms with Crippen molar-refractivity contribution < 1.29 is 0 Å². The second-order valence-corrected chi connectivity index (χ2v) is 5.40. The van der Waals surface area contributed by atoms with E-state index >= 15 is 0 Å². The van der Waals surface area contributed by atoms with Gasteiger partial charge < -0.3 is 5.32 Å². The number of anilines is 2. The third-order valence-corrected chi connectivity index (χ3v) is 4.05. The number of halogens is 2. The number of aryl methyl sites for hydroxylation is 1. The van der Waals surface area contributed by atoms with Gasteiger partial charge in [0.15, 0.2) is 0 Å². The summed E-state index contributed by atoms with van der Waals surface area (Å²) in [5, 5.41) is 3.61. The summed E-state index contributed by atoms with van der Waals surface area (Å²) in [6.45, 7) is 2.20. The fourth-order valence-corrected chi connectivity index (χ4v) is 2.14. The van der Waals surface area contributed by atoms with Crippen LogP contribution in [0.4, 0.5) is 11.5 Å². The van der Waals surface area contributed by atoms with Crippen LogP contribution in [0.5, 0.6) is 0 Å². The van der Waals surface area contributed by atoms with Gasteiger partial charge in [-0.1, -0.05) is 37.1 Å². The van der Waals surface area contributed by atoms with Crippen LogP contribution in [0.2, 0.25) is 5.15 Å². The minimum atomic E-state index is 0.400. The quantitative estimate of drug-likeness (QED) is 0.780. The van der Waals surface area contributed by atoms with Crippen LogP contribution in [-0.2, 0) is 6.42 Å². The van der Waals surface area contributed by atoms with E-state index in [0.717, 1.165) is 12.1 Å². The van der Waals surface area contributed by atoms with E-state index in [9.17, 15) is 0 Å². The maximum atomic E-state index is 5.92. The molecular formula is C14H15BrClN3. The molecule has 3 nitrogen and oxygen atoms in total. The molecule has 0 aliphatic heterocycles. The third-order valence-electron chi connectivity index (χ3n) is 2.78. The van der Waals surface area contributed by atoms with Crippen molar-refractivity contribution in [2.45, 2.75) is 26.2 Å². The minimum absolute atomic E-state index is 0.400. The number of hydrogen-bond donors (Lipinski definition) is 1. The number of rotatable bonds is 5. The lowest BCUT2D eigenvalue weighted by atomic mass is 10.1. The Balaban J connectivity index is 2.09. The maximum Gasteiger partial charge on any atom is 0.149 e. The van der Waals surface area contributed by atoms with E-state index in [0.29, 0.717) is 15.4 Å². The average molecular weight is 341 g/mol. The van der Waals surface area contributed by atoms with Crippen LogP contribution >= 0.6 is 27.5 Å². The van der Waals surface area contributed by atoms with Gasteiger partial charge in [0.2, 0.25) is 0 Å². The molecule has 0 atom stereocenters. The molecule has 0 aliphatic rings. The molecule has 0 amide bonds. The smallest absolute Gasteiger partial charge is 0.149 e. The molecule has 19 heavy (non-hydrogen) atoms. The van der Waals surface area contributed by atoms with E-state index in [1.54, 1.807) is 0 Å². The van der Waals surface area contributed by atoms with E-state index in [1.165, 1.54) is 24.7 Å². The van der Waals surface area contributed by atoms with Crippen molar-refractivity contribution >= 4 is 39.0 Å². The van der Waals surface area contributed by atoms with Crippen LogP contribution in [0.15, 0.2) is 35.1 Å². The Bertz CT molecular complexity index is 543. The first-order valence-electron chi connectivity index (χ1n) is 6.22. The zero-order valence-electron chi connectivity index (χ0n) is 10.7. The van der Waals surface area contributed by atoms with Gasteiger partial charge >= 0.3 is 0 Å². The number of unbranched alkanes of at least 4 members (excludes halogenated alkanes) is 1. The van der Waals surface area contributed by atoms with Crippen molar-refractivity contribution in [3.05, 3.63) is 45.8 Å². The first kappa shape index (κ1) is 14.3. The van der Waals surface area contributed by atoms with Gasteiger partial charge in [-0.3, -0.25) is 0 Å². The third kappa shape index (κ3) is 3.91. The van der Waals surface area contributed by atoms with Gasteiger partial charge in [0.1, 0.15) is 17.3 Å². The molecule has 1 aromatic carbocycles. The van der Waals surface area contributed by atoms with Crippen LogP contribution in [0.3, 0.4) is 0 Å². The highest BCUT2D eigenvalue weighted by Crippen LogP contribution is 2.28. The molecule has 1 aromatic heterocycles. The monoisotopic (exact) mass is 339 g/mol.